The van der Waals surface area contributed by atoms with E-state index in [-0.39, 0.29) is 12.2 Å². The molecule has 2 spiro atoms. The second kappa shape index (κ2) is 8.60. The normalized spacial score (nSPS) is 41.0. The molecule has 0 N–H and O–H groups in total. The average molecular weight is 435 g/mol. The van der Waals surface area contributed by atoms with E-state index in [0.717, 1.165) is 57.4 Å². The van der Waals surface area contributed by atoms with Crippen molar-refractivity contribution in [2.24, 2.45) is 0 Å². The molecule has 3 aliphatic heterocycles. The monoisotopic (exact) mass is 434 g/mol. The maximum absolute atomic E-state index is 12.1. The zero-order chi connectivity index (χ0) is 21.5. The third kappa shape index (κ3) is 4.00. The summed E-state index contributed by atoms with van der Waals surface area (Å²) in [4.78, 5) is 12.1. The van der Waals surface area contributed by atoms with Gasteiger partial charge in [0.1, 0.15) is 30.5 Å². The van der Waals surface area contributed by atoms with E-state index in [1.165, 1.54) is 12.8 Å². The minimum atomic E-state index is -0.647. The molecule has 0 bridgehead atoms. The van der Waals surface area contributed by atoms with Gasteiger partial charge in [0.25, 0.3) is 0 Å². The van der Waals surface area contributed by atoms with Gasteiger partial charge in [0.05, 0.1) is 6.61 Å². The van der Waals surface area contributed by atoms with Crippen molar-refractivity contribution in [2.75, 3.05) is 6.61 Å². The summed E-state index contributed by atoms with van der Waals surface area (Å²) in [6, 6.07) is 0. The quantitative estimate of drug-likeness (QED) is 0.381. The molecular formula is C24H34O7. The number of fused-ring (bicyclic) bond motifs is 1. The number of esters is 1. The summed E-state index contributed by atoms with van der Waals surface area (Å²) in [6.45, 7) is 7.91. The molecule has 5 rings (SSSR count). The van der Waals surface area contributed by atoms with Gasteiger partial charge in [-0.2, -0.15) is 0 Å². The van der Waals surface area contributed by atoms with Crippen LogP contribution in [-0.2, 0) is 33.2 Å². The first kappa shape index (κ1) is 21.6. The Labute approximate surface area is 184 Å². The van der Waals surface area contributed by atoms with Crippen molar-refractivity contribution in [3.05, 3.63) is 25.3 Å². The van der Waals surface area contributed by atoms with Crippen molar-refractivity contribution in [1.29, 1.82) is 0 Å². The van der Waals surface area contributed by atoms with Crippen LogP contribution in [0.25, 0.3) is 0 Å². The van der Waals surface area contributed by atoms with Crippen LogP contribution in [0, 0.1) is 0 Å². The molecule has 0 unspecified atom stereocenters. The third-order valence-electron chi connectivity index (χ3n) is 7.44. The second-order valence-corrected chi connectivity index (χ2v) is 9.48. The van der Waals surface area contributed by atoms with E-state index in [1.807, 2.05) is 0 Å². The van der Waals surface area contributed by atoms with Gasteiger partial charge in [0, 0.05) is 31.8 Å². The highest BCUT2D eigenvalue weighted by molar-refractivity contribution is 5.81. The van der Waals surface area contributed by atoms with Gasteiger partial charge in [-0.25, -0.2) is 4.79 Å². The van der Waals surface area contributed by atoms with Crippen molar-refractivity contribution in [2.45, 2.75) is 112 Å². The van der Waals surface area contributed by atoms with Crippen LogP contribution in [0.15, 0.2) is 25.3 Å². The van der Waals surface area contributed by atoms with E-state index in [9.17, 15) is 4.79 Å². The van der Waals surface area contributed by atoms with Crippen LogP contribution in [0.3, 0.4) is 0 Å². The van der Waals surface area contributed by atoms with Crippen LogP contribution in [0.1, 0.15) is 64.2 Å². The third-order valence-corrected chi connectivity index (χ3v) is 7.44. The molecule has 2 saturated carbocycles. The number of carbonyl (C=O) groups excluding carboxylic acids is 1. The van der Waals surface area contributed by atoms with E-state index in [1.54, 1.807) is 6.08 Å². The van der Waals surface area contributed by atoms with Crippen LogP contribution in [0.5, 0.6) is 0 Å². The molecule has 0 aromatic rings. The molecule has 7 heteroatoms. The first-order valence-electron chi connectivity index (χ1n) is 11.9. The number of hydrogen-bond donors (Lipinski definition) is 0. The van der Waals surface area contributed by atoms with E-state index < -0.39 is 42.0 Å². The molecule has 0 amide bonds. The maximum atomic E-state index is 12.1. The molecular weight excluding hydrogens is 400 g/mol. The van der Waals surface area contributed by atoms with Gasteiger partial charge in [0.2, 0.25) is 0 Å². The van der Waals surface area contributed by atoms with Gasteiger partial charge in [-0.3, -0.25) is 0 Å². The van der Waals surface area contributed by atoms with Crippen molar-refractivity contribution in [1.82, 2.24) is 0 Å². The Bertz CT molecular complexity index is 694. The number of carbonyl (C=O) groups is 1. The Morgan fingerprint density at radius 3 is 2.13 bits per heavy atom. The van der Waals surface area contributed by atoms with Gasteiger partial charge in [-0.15, -0.1) is 6.58 Å². The number of rotatable bonds is 4. The Morgan fingerprint density at radius 2 is 1.48 bits per heavy atom. The highest BCUT2D eigenvalue weighted by Crippen LogP contribution is 2.48. The fraction of sp³-hybridized carbons (Fsp3) is 0.792. The highest BCUT2D eigenvalue weighted by atomic mass is 16.8. The molecule has 5 fully saturated rings. The standard InChI is InChI=1S/C24H34O7/c1-3-16-19(28-18(25)4-2)21-22(31-24(30-21)13-9-6-10-14-24)20(27-16)17-15-26-23(29-17)11-7-5-8-12-23/h3-4,16-17,19-22H,1-2,5-15H2/t16-,17+,19-,20-,21-,22+/m0/s1. The minimum Gasteiger partial charge on any atom is -0.453 e. The van der Waals surface area contributed by atoms with Crippen LogP contribution < -0.4 is 0 Å². The summed E-state index contributed by atoms with van der Waals surface area (Å²) in [7, 11) is 0. The van der Waals surface area contributed by atoms with E-state index in [4.69, 9.17) is 28.4 Å². The summed E-state index contributed by atoms with van der Waals surface area (Å²) in [5.74, 6) is -1.65. The van der Waals surface area contributed by atoms with Gasteiger partial charge in [-0.05, 0) is 25.7 Å². The fourth-order valence-electron chi connectivity index (χ4n) is 5.91. The highest BCUT2D eigenvalue weighted by Gasteiger charge is 2.61. The molecule has 0 radical (unpaired) electrons. The fourth-order valence-corrected chi connectivity index (χ4v) is 5.91. The maximum Gasteiger partial charge on any atom is 0.330 e. The molecule has 31 heavy (non-hydrogen) atoms. The molecule has 6 atom stereocenters. The van der Waals surface area contributed by atoms with E-state index >= 15 is 0 Å². The molecule has 7 nitrogen and oxygen atoms in total. The SMILES string of the molecule is C=CC(=O)O[C@@H]1[C@@H]2OC3(CCCCC3)O[C@@H]2[C@H]([C@H]2COC3(CCCCC3)O2)O[C@H]1C=C. The van der Waals surface area contributed by atoms with Crippen LogP contribution in [0.4, 0.5) is 0 Å². The van der Waals surface area contributed by atoms with Crippen LogP contribution in [-0.4, -0.2) is 60.8 Å². The lowest BCUT2D eigenvalue weighted by Crippen LogP contribution is -2.60. The lowest BCUT2D eigenvalue weighted by Gasteiger charge is -2.42. The molecule has 5 aliphatic rings. The minimum absolute atomic E-state index is 0.258. The summed E-state index contributed by atoms with van der Waals surface area (Å²) in [5, 5.41) is 0. The molecule has 3 heterocycles. The summed E-state index contributed by atoms with van der Waals surface area (Å²) >= 11 is 0. The number of hydrogen-bond acceptors (Lipinski definition) is 7. The summed E-state index contributed by atoms with van der Waals surface area (Å²) < 4.78 is 37.9. The van der Waals surface area contributed by atoms with Crippen LogP contribution >= 0.6 is 0 Å². The predicted molar refractivity (Wildman–Crippen MR) is 111 cm³/mol. The van der Waals surface area contributed by atoms with Crippen LogP contribution in [0.2, 0.25) is 0 Å². The molecule has 0 aromatic carbocycles. The van der Waals surface area contributed by atoms with Gasteiger partial charge < -0.3 is 28.4 Å². The van der Waals surface area contributed by atoms with Crippen molar-refractivity contribution in [3.8, 4) is 0 Å². The van der Waals surface area contributed by atoms with E-state index in [2.05, 4.69) is 13.2 Å². The average Bonchev–Trinajstić information content (AvgIpc) is 3.36. The van der Waals surface area contributed by atoms with Gasteiger partial charge >= 0.3 is 5.97 Å². The first-order valence-corrected chi connectivity index (χ1v) is 11.9. The Morgan fingerprint density at radius 1 is 0.839 bits per heavy atom. The lowest BCUT2D eigenvalue weighted by atomic mass is 9.91. The van der Waals surface area contributed by atoms with Gasteiger partial charge in [-0.1, -0.05) is 25.5 Å². The molecule has 172 valence electrons. The Kier molecular flexibility index (Phi) is 5.99. The predicted octanol–water partition coefficient (Wildman–Crippen LogP) is 3.56. The Balaban J connectivity index is 1.40. The van der Waals surface area contributed by atoms with Crippen molar-refractivity contribution in [3.63, 3.8) is 0 Å². The van der Waals surface area contributed by atoms with Crippen molar-refractivity contribution >= 4 is 5.97 Å². The topological polar surface area (TPSA) is 72.5 Å². The molecule has 3 saturated heterocycles. The molecule has 2 aliphatic carbocycles. The zero-order valence-electron chi connectivity index (χ0n) is 18.2. The molecule has 0 aromatic heterocycles. The second-order valence-electron chi connectivity index (χ2n) is 9.48. The van der Waals surface area contributed by atoms with Gasteiger partial charge in [0.15, 0.2) is 17.7 Å². The van der Waals surface area contributed by atoms with E-state index in [0.29, 0.717) is 6.61 Å². The Hall–Kier alpha value is -1.25. The lowest BCUT2D eigenvalue weighted by molar-refractivity contribution is -0.236. The summed E-state index contributed by atoms with van der Waals surface area (Å²) in [6.07, 6.45) is 10.4. The van der Waals surface area contributed by atoms with Crippen molar-refractivity contribution < 1.29 is 33.2 Å². The summed E-state index contributed by atoms with van der Waals surface area (Å²) in [5.41, 5.74) is 0. The zero-order valence-corrected chi connectivity index (χ0v) is 18.2. The number of ether oxygens (including phenoxy) is 6. The largest absolute Gasteiger partial charge is 0.453 e. The first-order chi connectivity index (χ1) is 15.1. The smallest absolute Gasteiger partial charge is 0.330 e.